The minimum atomic E-state index is -0.318. The van der Waals surface area contributed by atoms with Crippen LogP contribution in [0.5, 0.6) is 5.75 Å². The normalized spacial score (nSPS) is 19.8. The lowest BCUT2D eigenvalue weighted by molar-refractivity contribution is -0.134. The van der Waals surface area contributed by atoms with Crippen LogP contribution < -0.4 is 10.1 Å². The lowest BCUT2D eigenvalue weighted by atomic mass is 10.0. The third kappa shape index (κ3) is 9.16. The Morgan fingerprint density at radius 3 is 2.48 bits per heavy atom. The van der Waals surface area contributed by atoms with Gasteiger partial charge in [-0.3, -0.25) is 19.4 Å². The van der Waals surface area contributed by atoms with Gasteiger partial charge in [-0.15, -0.1) is 0 Å². The van der Waals surface area contributed by atoms with E-state index in [1.807, 2.05) is 43.3 Å². The summed E-state index contributed by atoms with van der Waals surface area (Å²) in [6, 6.07) is 24.3. The van der Waals surface area contributed by atoms with Crippen LogP contribution in [0.4, 0.5) is 5.69 Å². The van der Waals surface area contributed by atoms with Crippen molar-refractivity contribution in [3.05, 3.63) is 83.9 Å². The van der Waals surface area contributed by atoms with Gasteiger partial charge in [0.25, 0.3) is 0 Å². The molecule has 46 heavy (non-hydrogen) atoms. The largest absolute Gasteiger partial charge is 0.488 e. The van der Waals surface area contributed by atoms with Crippen LogP contribution in [-0.2, 0) is 27.3 Å². The molecule has 1 saturated heterocycles. The SMILES string of the molecule is C[C@H](CO)N1C[C@H](C)[C@H](CN(C)Cc2ccc(-c3ccccc3)cc2)Oc2ccc(NC(=O)CCN3CCOCC3)cc2CC1=O. The zero-order chi connectivity index (χ0) is 32.5. The van der Waals surface area contributed by atoms with Gasteiger partial charge in [-0.05, 0) is 48.9 Å². The third-order valence-corrected chi connectivity index (χ3v) is 8.96. The fourth-order valence-electron chi connectivity index (χ4n) is 6.15. The molecule has 0 unspecified atom stereocenters. The van der Waals surface area contributed by atoms with Crippen molar-refractivity contribution >= 4 is 17.5 Å². The molecule has 2 aliphatic heterocycles. The summed E-state index contributed by atoms with van der Waals surface area (Å²) in [7, 11) is 2.09. The molecule has 0 aromatic heterocycles. The Balaban J connectivity index is 1.29. The van der Waals surface area contributed by atoms with E-state index >= 15 is 0 Å². The predicted octanol–water partition coefficient (Wildman–Crippen LogP) is 4.30. The first-order chi connectivity index (χ1) is 22.3. The first-order valence-corrected chi connectivity index (χ1v) is 16.4. The van der Waals surface area contributed by atoms with E-state index in [2.05, 4.69) is 65.5 Å². The maximum atomic E-state index is 13.6. The Hall–Kier alpha value is -3.76. The highest BCUT2D eigenvalue weighted by atomic mass is 16.5. The zero-order valence-corrected chi connectivity index (χ0v) is 27.4. The highest BCUT2D eigenvalue weighted by Crippen LogP contribution is 2.29. The molecular weight excluding hydrogens is 580 g/mol. The average molecular weight is 629 g/mol. The zero-order valence-electron chi connectivity index (χ0n) is 27.4. The third-order valence-electron chi connectivity index (χ3n) is 8.96. The second kappa shape index (κ2) is 16.2. The monoisotopic (exact) mass is 628 g/mol. The maximum absolute atomic E-state index is 13.6. The van der Waals surface area contributed by atoms with Gasteiger partial charge < -0.3 is 24.8 Å². The number of aliphatic hydroxyl groups is 1. The summed E-state index contributed by atoms with van der Waals surface area (Å²) in [4.78, 5) is 32.6. The molecule has 0 saturated carbocycles. The van der Waals surface area contributed by atoms with Gasteiger partial charge in [0.15, 0.2) is 0 Å². The smallest absolute Gasteiger partial charge is 0.227 e. The number of nitrogens with zero attached hydrogens (tertiary/aromatic N) is 3. The van der Waals surface area contributed by atoms with Gasteiger partial charge in [0.1, 0.15) is 11.9 Å². The molecule has 9 nitrogen and oxygen atoms in total. The number of ether oxygens (including phenoxy) is 2. The number of rotatable bonds is 11. The molecule has 0 aliphatic carbocycles. The van der Waals surface area contributed by atoms with E-state index in [9.17, 15) is 14.7 Å². The number of carbonyl (C=O) groups is 2. The first kappa shape index (κ1) is 33.6. The van der Waals surface area contributed by atoms with E-state index in [0.717, 1.165) is 25.2 Å². The average Bonchev–Trinajstić information content (AvgIpc) is 3.11. The Labute approximate surface area is 273 Å². The van der Waals surface area contributed by atoms with Gasteiger partial charge in [-0.2, -0.15) is 0 Å². The number of carbonyl (C=O) groups excluding carboxylic acids is 2. The lowest BCUT2D eigenvalue weighted by Crippen LogP contribution is -2.47. The molecule has 2 aliphatic rings. The quantitative estimate of drug-likeness (QED) is 0.327. The summed E-state index contributed by atoms with van der Waals surface area (Å²) >= 11 is 0. The lowest BCUT2D eigenvalue weighted by Gasteiger charge is -2.34. The summed E-state index contributed by atoms with van der Waals surface area (Å²) < 4.78 is 12.1. The predicted molar refractivity (Wildman–Crippen MR) is 181 cm³/mol. The number of hydrogen-bond acceptors (Lipinski definition) is 7. The number of nitrogens with one attached hydrogen (secondary N) is 1. The van der Waals surface area contributed by atoms with Gasteiger partial charge in [-0.25, -0.2) is 0 Å². The standard InChI is InChI=1S/C37H48N4O5/c1-27-23-41(28(2)26-42)37(44)22-32-21-33(38-36(43)15-16-40-17-19-45-20-18-40)13-14-34(32)46-35(27)25-39(3)24-29-9-11-31(12-10-29)30-7-5-4-6-8-30/h4-14,21,27-28,35,42H,15-20,22-26H2,1-3H3,(H,38,43)/t27-,28+,35-/m0/s1. The van der Waals surface area contributed by atoms with Gasteiger partial charge in [0.05, 0.1) is 32.3 Å². The van der Waals surface area contributed by atoms with Gasteiger partial charge in [0, 0.05) is 62.9 Å². The topological polar surface area (TPSA) is 94.6 Å². The molecule has 2 heterocycles. The van der Waals surface area contributed by atoms with Crippen LogP contribution in [0.15, 0.2) is 72.8 Å². The van der Waals surface area contributed by atoms with Crippen molar-refractivity contribution in [3.63, 3.8) is 0 Å². The van der Waals surface area contributed by atoms with Crippen molar-refractivity contribution < 1.29 is 24.2 Å². The van der Waals surface area contributed by atoms with Crippen molar-refractivity contribution in [2.75, 3.05) is 64.9 Å². The molecule has 3 aromatic carbocycles. The van der Waals surface area contributed by atoms with E-state index < -0.39 is 0 Å². The minimum absolute atomic E-state index is 0.00590. The van der Waals surface area contributed by atoms with E-state index in [-0.39, 0.29) is 42.9 Å². The Morgan fingerprint density at radius 2 is 1.76 bits per heavy atom. The summed E-state index contributed by atoms with van der Waals surface area (Å²) in [5.74, 6) is 0.519. The number of aliphatic hydroxyl groups excluding tert-OH is 1. The van der Waals surface area contributed by atoms with Crippen molar-refractivity contribution in [2.24, 2.45) is 5.92 Å². The molecule has 3 atom stereocenters. The minimum Gasteiger partial charge on any atom is -0.488 e. The summed E-state index contributed by atoms with van der Waals surface area (Å²) in [6.45, 7) is 9.48. The number of likely N-dealkylation sites (N-methyl/N-ethyl adjacent to an activating group) is 1. The summed E-state index contributed by atoms with van der Waals surface area (Å²) in [5.41, 5.74) is 4.96. The fraction of sp³-hybridized carbons (Fsp3) is 0.459. The van der Waals surface area contributed by atoms with Crippen molar-refractivity contribution in [3.8, 4) is 16.9 Å². The van der Waals surface area contributed by atoms with Crippen LogP contribution in [0, 0.1) is 5.92 Å². The fourth-order valence-corrected chi connectivity index (χ4v) is 6.15. The Morgan fingerprint density at radius 1 is 1.04 bits per heavy atom. The van der Waals surface area contributed by atoms with Gasteiger partial charge >= 0.3 is 0 Å². The van der Waals surface area contributed by atoms with Crippen LogP contribution in [0.3, 0.4) is 0 Å². The van der Waals surface area contributed by atoms with Crippen LogP contribution in [0.25, 0.3) is 11.1 Å². The van der Waals surface area contributed by atoms with Crippen LogP contribution >= 0.6 is 0 Å². The van der Waals surface area contributed by atoms with Crippen LogP contribution in [-0.4, -0.2) is 103 Å². The molecule has 5 rings (SSSR count). The van der Waals surface area contributed by atoms with Gasteiger partial charge in [0.2, 0.25) is 11.8 Å². The highest BCUT2D eigenvalue weighted by molar-refractivity contribution is 5.91. The van der Waals surface area contributed by atoms with Crippen molar-refractivity contribution in [2.45, 2.75) is 45.4 Å². The molecule has 2 amide bonds. The number of morpholine rings is 1. The van der Waals surface area contributed by atoms with Crippen molar-refractivity contribution in [1.82, 2.24) is 14.7 Å². The molecule has 0 radical (unpaired) electrons. The van der Waals surface area contributed by atoms with Gasteiger partial charge in [-0.1, -0.05) is 61.5 Å². The molecule has 0 bridgehead atoms. The number of fused-ring (bicyclic) bond motifs is 1. The van der Waals surface area contributed by atoms with E-state index in [0.29, 0.717) is 50.7 Å². The number of amides is 2. The maximum Gasteiger partial charge on any atom is 0.227 e. The van der Waals surface area contributed by atoms with E-state index in [4.69, 9.17) is 9.47 Å². The molecule has 0 spiro atoms. The van der Waals surface area contributed by atoms with Crippen LogP contribution in [0.2, 0.25) is 0 Å². The molecule has 3 aromatic rings. The van der Waals surface area contributed by atoms with Crippen LogP contribution in [0.1, 0.15) is 31.4 Å². The van der Waals surface area contributed by atoms with E-state index in [1.165, 1.54) is 16.7 Å². The summed E-state index contributed by atoms with van der Waals surface area (Å²) in [6.07, 6.45) is 0.302. The number of benzene rings is 3. The Kier molecular flexibility index (Phi) is 11.8. The molecule has 1 fully saturated rings. The molecule has 246 valence electrons. The molecule has 2 N–H and O–H groups in total. The number of anilines is 1. The number of hydrogen-bond donors (Lipinski definition) is 2. The molecule has 9 heteroatoms. The highest BCUT2D eigenvalue weighted by Gasteiger charge is 2.31. The second-order valence-corrected chi connectivity index (χ2v) is 12.7. The van der Waals surface area contributed by atoms with E-state index in [1.54, 1.807) is 4.90 Å². The Bertz CT molecular complexity index is 1430. The second-order valence-electron chi connectivity index (χ2n) is 12.7. The summed E-state index contributed by atoms with van der Waals surface area (Å²) in [5, 5.41) is 13.0. The molecular formula is C37H48N4O5. The van der Waals surface area contributed by atoms with Crippen molar-refractivity contribution in [1.29, 1.82) is 0 Å². The first-order valence-electron chi connectivity index (χ1n) is 16.4.